The number of hydrogen-bond acceptors (Lipinski definition) is 5. The van der Waals surface area contributed by atoms with Crippen LogP contribution < -0.4 is 10.6 Å². The van der Waals surface area contributed by atoms with Crippen LogP contribution in [0.25, 0.3) is 39.1 Å². The van der Waals surface area contributed by atoms with Crippen molar-refractivity contribution in [3.63, 3.8) is 0 Å². The molecule has 0 unspecified atom stereocenters. The lowest BCUT2D eigenvalue weighted by Gasteiger charge is -2.13. The molecule has 1 aliphatic heterocycles. The second-order valence-electron chi connectivity index (χ2n) is 6.61. The molecule has 1 saturated heterocycles. The topological polar surface area (TPSA) is 101 Å². The first kappa shape index (κ1) is 16.9. The number of nitrogens with zero attached hydrogens (tertiary/aromatic N) is 1. The first-order chi connectivity index (χ1) is 14.1. The van der Waals surface area contributed by atoms with Crippen molar-refractivity contribution >= 4 is 45.6 Å². The Balaban J connectivity index is 1.65. The van der Waals surface area contributed by atoms with E-state index in [1.165, 1.54) is 6.08 Å². The maximum atomic E-state index is 12.0. The van der Waals surface area contributed by atoms with Crippen LogP contribution in [0.15, 0.2) is 70.8 Å². The van der Waals surface area contributed by atoms with Crippen LogP contribution in [0, 0.1) is 0 Å². The van der Waals surface area contributed by atoms with E-state index in [0.29, 0.717) is 16.8 Å². The molecule has 3 aromatic carbocycles. The Labute approximate surface area is 164 Å². The largest absolute Gasteiger partial charge is 0.355 e. The number of benzene rings is 3. The van der Waals surface area contributed by atoms with E-state index in [-0.39, 0.29) is 5.57 Å². The highest BCUT2D eigenvalue weighted by atomic mass is 16.5. The molecular weight excluding hydrogens is 370 g/mol. The van der Waals surface area contributed by atoms with Gasteiger partial charge in [-0.3, -0.25) is 20.2 Å². The van der Waals surface area contributed by atoms with Crippen LogP contribution in [0.2, 0.25) is 0 Å². The average Bonchev–Trinajstić information content (AvgIpc) is 3.13. The lowest BCUT2D eigenvalue weighted by molar-refractivity contribution is -0.123. The van der Waals surface area contributed by atoms with E-state index in [0.717, 1.165) is 21.7 Å². The molecule has 4 amide bonds. The molecule has 1 fully saturated rings. The SMILES string of the molecule is O=C1NC(=O)C(=Cc2ccc3noc(-c4cccc5ccccc45)c3c2)C(=O)N1. The lowest BCUT2D eigenvalue weighted by Crippen LogP contribution is -2.51. The molecule has 0 aliphatic carbocycles. The van der Waals surface area contributed by atoms with Gasteiger partial charge in [-0.05, 0) is 34.5 Å². The highest BCUT2D eigenvalue weighted by molar-refractivity contribution is 6.31. The highest BCUT2D eigenvalue weighted by Gasteiger charge is 2.27. The van der Waals surface area contributed by atoms with Crippen LogP contribution in [0.4, 0.5) is 4.79 Å². The minimum atomic E-state index is -0.829. The Morgan fingerprint density at radius 3 is 2.41 bits per heavy atom. The summed E-state index contributed by atoms with van der Waals surface area (Å²) in [5.74, 6) is -0.873. The van der Waals surface area contributed by atoms with Crippen molar-refractivity contribution in [2.45, 2.75) is 0 Å². The zero-order valence-corrected chi connectivity index (χ0v) is 14.9. The molecular formula is C22H13N3O4. The van der Waals surface area contributed by atoms with E-state index in [1.54, 1.807) is 18.2 Å². The molecule has 0 saturated carbocycles. The molecule has 0 atom stereocenters. The van der Waals surface area contributed by atoms with Crippen molar-refractivity contribution in [1.82, 2.24) is 15.8 Å². The fourth-order valence-electron chi connectivity index (χ4n) is 3.44. The maximum absolute atomic E-state index is 12.0. The third-order valence-corrected chi connectivity index (χ3v) is 4.79. The van der Waals surface area contributed by atoms with Crippen molar-refractivity contribution < 1.29 is 18.9 Å². The van der Waals surface area contributed by atoms with E-state index in [1.807, 2.05) is 42.5 Å². The van der Waals surface area contributed by atoms with Gasteiger partial charge in [0.1, 0.15) is 11.1 Å². The number of imide groups is 2. The number of urea groups is 1. The first-order valence-electron chi connectivity index (χ1n) is 8.86. The van der Waals surface area contributed by atoms with Gasteiger partial charge in [-0.15, -0.1) is 0 Å². The number of hydrogen-bond donors (Lipinski definition) is 2. The molecule has 2 heterocycles. The minimum Gasteiger partial charge on any atom is -0.355 e. The lowest BCUT2D eigenvalue weighted by atomic mass is 9.99. The van der Waals surface area contributed by atoms with Crippen molar-refractivity contribution in [2.75, 3.05) is 0 Å². The first-order valence-corrected chi connectivity index (χ1v) is 8.86. The van der Waals surface area contributed by atoms with Gasteiger partial charge in [0.15, 0.2) is 5.76 Å². The Kier molecular flexibility index (Phi) is 3.74. The quantitative estimate of drug-likeness (QED) is 0.408. The zero-order chi connectivity index (χ0) is 20.0. The van der Waals surface area contributed by atoms with Gasteiger partial charge in [0.2, 0.25) is 0 Å². The summed E-state index contributed by atoms with van der Waals surface area (Å²) in [7, 11) is 0. The summed E-state index contributed by atoms with van der Waals surface area (Å²) in [6, 6.07) is 18.3. The van der Waals surface area contributed by atoms with Gasteiger partial charge in [0.25, 0.3) is 11.8 Å². The third kappa shape index (κ3) is 2.85. The van der Waals surface area contributed by atoms with Gasteiger partial charge < -0.3 is 4.52 Å². The van der Waals surface area contributed by atoms with E-state index < -0.39 is 17.8 Å². The second-order valence-corrected chi connectivity index (χ2v) is 6.61. The van der Waals surface area contributed by atoms with Crippen LogP contribution in [0.5, 0.6) is 0 Å². The van der Waals surface area contributed by atoms with Gasteiger partial charge in [0, 0.05) is 5.56 Å². The number of carbonyl (C=O) groups excluding carboxylic acids is 3. The molecule has 0 spiro atoms. The van der Waals surface area contributed by atoms with E-state index in [9.17, 15) is 14.4 Å². The number of rotatable bonds is 2. The number of amides is 4. The summed E-state index contributed by atoms with van der Waals surface area (Å²) in [4.78, 5) is 35.2. The molecule has 140 valence electrons. The van der Waals surface area contributed by atoms with E-state index >= 15 is 0 Å². The van der Waals surface area contributed by atoms with Gasteiger partial charge >= 0.3 is 6.03 Å². The molecule has 29 heavy (non-hydrogen) atoms. The molecule has 7 nitrogen and oxygen atoms in total. The predicted octanol–water partition coefficient (Wildman–Crippen LogP) is 3.40. The van der Waals surface area contributed by atoms with E-state index in [2.05, 4.69) is 15.8 Å². The van der Waals surface area contributed by atoms with Crippen molar-refractivity contribution in [2.24, 2.45) is 0 Å². The molecule has 7 heteroatoms. The molecule has 4 aromatic rings. The van der Waals surface area contributed by atoms with Crippen LogP contribution in [0.1, 0.15) is 5.56 Å². The summed E-state index contributed by atoms with van der Waals surface area (Å²) in [6.07, 6.45) is 1.43. The molecule has 1 aromatic heterocycles. The molecule has 2 N–H and O–H groups in total. The summed E-state index contributed by atoms with van der Waals surface area (Å²) in [5, 5.41) is 11.1. The smallest absolute Gasteiger partial charge is 0.328 e. The van der Waals surface area contributed by atoms with Crippen molar-refractivity contribution in [3.05, 3.63) is 71.8 Å². The monoisotopic (exact) mass is 383 g/mol. The molecule has 5 rings (SSSR count). The maximum Gasteiger partial charge on any atom is 0.328 e. The number of aromatic nitrogens is 1. The van der Waals surface area contributed by atoms with Crippen LogP contribution in [0.3, 0.4) is 0 Å². The minimum absolute atomic E-state index is 0.146. The normalized spacial score (nSPS) is 14.2. The molecule has 0 bridgehead atoms. The fourth-order valence-corrected chi connectivity index (χ4v) is 3.44. The van der Waals surface area contributed by atoms with Crippen molar-refractivity contribution in [1.29, 1.82) is 0 Å². The molecule has 0 radical (unpaired) electrons. The van der Waals surface area contributed by atoms with Crippen LogP contribution >= 0.6 is 0 Å². The Bertz CT molecular complexity index is 1340. The molecule has 1 aliphatic rings. The summed E-state index contributed by atoms with van der Waals surface area (Å²) in [5.41, 5.74) is 2.01. The third-order valence-electron chi connectivity index (χ3n) is 4.79. The summed E-state index contributed by atoms with van der Waals surface area (Å²) < 4.78 is 5.64. The average molecular weight is 383 g/mol. The standard InChI is InChI=1S/C22H13N3O4/c26-20-17(21(27)24-22(28)23-20)11-12-8-9-18-16(10-12)19(29-25-18)15-7-3-5-13-4-1-2-6-14(13)15/h1-11H,(H2,23,24,26,27,28). The van der Waals surface area contributed by atoms with Gasteiger partial charge in [-0.2, -0.15) is 0 Å². The number of barbiturate groups is 1. The second kappa shape index (κ2) is 6.42. The summed E-state index contributed by atoms with van der Waals surface area (Å²) >= 11 is 0. The Hall–Kier alpha value is -4.26. The van der Waals surface area contributed by atoms with Crippen LogP contribution in [-0.4, -0.2) is 23.0 Å². The predicted molar refractivity (Wildman–Crippen MR) is 107 cm³/mol. The van der Waals surface area contributed by atoms with Crippen molar-refractivity contribution in [3.8, 4) is 11.3 Å². The van der Waals surface area contributed by atoms with E-state index in [4.69, 9.17) is 4.52 Å². The van der Waals surface area contributed by atoms with Gasteiger partial charge in [-0.25, -0.2) is 4.79 Å². The highest BCUT2D eigenvalue weighted by Crippen LogP contribution is 2.34. The zero-order valence-electron chi connectivity index (χ0n) is 14.9. The summed E-state index contributed by atoms with van der Waals surface area (Å²) in [6.45, 7) is 0. The number of nitrogens with one attached hydrogen (secondary N) is 2. The van der Waals surface area contributed by atoms with Gasteiger partial charge in [0.05, 0.1) is 5.39 Å². The van der Waals surface area contributed by atoms with Gasteiger partial charge in [-0.1, -0.05) is 53.7 Å². The Morgan fingerprint density at radius 2 is 1.59 bits per heavy atom. The number of carbonyl (C=O) groups is 3. The van der Waals surface area contributed by atoms with Crippen LogP contribution in [-0.2, 0) is 9.59 Å². The Morgan fingerprint density at radius 1 is 0.828 bits per heavy atom. The fraction of sp³-hybridized carbons (Fsp3) is 0. The number of fused-ring (bicyclic) bond motifs is 2.